The van der Waals surface area contributed by atoms with Crippen LogP contribution in [0.5, 0.6) is 11.5 Å². The normalized spacial score (nSPS) is 10.5. The van der Waals surface area contributed by atoms with Gasteiger partial charge in [-0.15, -0.1) is 0 Å². The molecular weight excluding hydrogens is 270 g/mol. The Balaban J connectivity index is 1.99. The topological polar surface area (TPSA) is 91.3 Å². The lowest BCUT2D eigenvalue weighted by molar-refractivity contribution is -0.383. The Bertz CT molecular complexity index is 828. The van der Waals surface area contributed by atoms with E-state index in [1.807, 2.05) is 24.3 Å². The van der Waals surface area contributed by atoms with E-state index in [0.717, 1.165) is 10.9 Å². The van der Waals surface area contributed by atoms with Crippen molar-refractivity contribution in [1.29, 1.82) is 0 Å². The second-order valence-corrected chi connectivity index (χ2v) is 4.41. The number of nitro benzene ring substituents is 1. The number of rotatable bonds is 3. The molecule has 0 saturated heterocycles. The summed E-state index contributed by atoms with van der Waals surface area (Å²) in [5.74, 6) is 0.998. The summed E-state index contributed by atoms with van der Waals surface area (Å²) in [5, 5.41) is 11.7. The third kappa shape index (κ3) is 2.46. The van der Waals surface area contributed by atoms with Crippen molar-refractivity contribution < 1.29 is 9.66 Å². The van der Waals surface area contributed by atoms with E-state index >= 15 is 0 Å². The van der Waals surface area contributed by atoms with Crippen LogP contribution in [0.25, 0.3) is 10.9 Å². The lowest BCUT2D eigenvalue weighted by Gasteiger charge is -2.08. The third-order valence-electron chi connectivity index (χ3n) is 3.02. The Kier molecular flexibility index (Phi) is 3.12. The summed E-state index contributed by atoms with van der Waals surface area (Å²) in [6.45, 7) is 0. The zero-order valence-electron chi connectivity index (χ0n) is 10.9. The molecular formula is C15H11N3O3. The first-order valence-electron chi connectivity index (χ1n) is 6.20. The summed E-state index contributed by atoms with van der Waals surface area (Å²) < 4.78 is 5.74. The van der Waals surface area contributed by atoms with Crippen LogP contribution in [-0.2, 0) is 0 Å². The minimum atomic E-state index is -0.529. The maximum atomic E-state index is 10.7. The van der Waals surface area contributed by atoms with Gasteiger partial charge in [-0.2, -0.15) is 0 Å². The van der Waals surface area contributed by atoms with Gasteiger partial charge in [0.2, 0.25) is 0 Å². The Morgan fingerprint density at radius 2 is 1.95 bits per heavy atom. The van der Waals surface area contributed by atoms with Gasteiger partial charge in [-0.3, -0.25) is 15.1 Å². The fourth-order valence-electron chi connectivity index (χ4n) is 2.05. The predicted molar refractivity (Wildman–Crippen MR) is 79.3 cm³/mol. The average Bonchev–Trinajstić information content (AvgIpc) is 2.47. The van der Waals surface area contributed by atoms with Crippen LogP contribution in [0.1, 0.15) is 0 Å². The molecule has 0 aliphatic rings. The van der Waals surface area contributed by atoms with E-state index in [2.05, 4.69) is 4.98 Å². The molecule has 0 radical (unpaired) electrons. The first-order valence-corrected chi connectivity index (χ1v) is 6.20. The standard InChI is InChI=1S/C15H11N3O3/c16-12-9-11(6-7-13(12)18(19)20)21-14-5-1-3-10-4-2-8-17-15(10)14/h1-9H,16H2. The Hall–Kier alpha value is -3.15. The van der Waals surface area contributed by atoms with Crippen LogP contribution in [0.4, 0.5) is 11.4 Å². The monoisotopic (exact) mass is 281 g/mol. The quantitative estimate of drug-likeness (QED) is 0.450. The maximum Gasteiger partial charge on any atom is 0.292 e. The number of pyridine rings is 1. The van der Waals surface area contributed by atoms with Gasteiger partial charge in [0.25, 0.3) is 5.69 Å². The molecule has 6 heteroatoms. The van der Waals surface area contributed by atoms with E-state index < -0.39 is 4.92 Å². The van der Waals surface area contributed by atoms with E-state index in [0.29, 0.717) is 11.5 Å². The molecule has 2 aromatic carbocycles. The number of ether oxygens (including phenoxy) is 1. The van der Waals surface area contributed by atoms with Crippen molar-refractivity contribution >= 4 is 22.3 Å². The molecule has 3 rings (SSSR count). The van der Waals surface area contributed by atoms with Crippen LogP contribution in [-0.4, -0.2) is 9.91 Å². The smallest absolute Gasteiger partial charge is 0.292 e. The molecule has 2 N–H and O–H groups in total. The number of nitro groups is 1. The van der Waals surface area contributed by atoms with E-state index in [1.54, 1.807) is 12.3 Å². The molecule has 0 spiro atoms. The van der Waals surface area contributed by atoms with Crippen molar-refractivity contribution in [2.75, 3.05) is 5.73 Å². The van der Waals surface area contributed by atoms with E-state index in [4.69, 9.17) is 10.5 Å². The number of para-hydroxylation sites is 1. The molecule has 0 atom stereocenters. The predicted octanol–water partition coefficient (Wildman–Crippen LogP) is 3.52. The molecule has 0 fully saturated rings. The maximum absolute atomic E-state index is 10.7. The summed E-state index contributed by atoms with van der Waals surface area (Å²) in [4.78, 5) is 14.5. The molecule has 3 aromatic rings. The van der Waals surface area contributed by atoms with Crippen LogP contribution in [0, 0.1) is 10.1 Å². The van der Waals surface area contributed by atoms with Crippen molar-refractivity contribution in [2.45, 2.75) is 0 Å². The third-order valence-corrected chi connectivity index (χ3v) is 3.02. The van der Waals surface area contributed by atoms with Crippen molar-refractivity contribution in [2.24, 2.45) is 0 Å². The average molecular weight is 281 g/mol. The highest BCUT2D eigenvalue weighted by Crippen LogP contribution is 2.32. The van der Waals surface area contributed by atoms with Crippen molar-refractivity contribution in [3.05, 3.63) is 64.8 Å². The highest BCUT2D eigenvalue weighted by molar-refractivity contribution is 5.84. The van der Waals surface area contributed by atoms with Crippen molar-refractivity contribution in [3.63, 3.8) is 0 Å². The van der Waals surface area contributed by atoms with Gasteiger partial charge in [0.05, 0.1) is 4.92 Å². The summed E-state index contributed by atoms with van der Waals surface area (Å²) in [6.07, 6.45) is 1.68. The van der Waals surface area contributed by atoms with Crippen LogP contribution in [0.2, 0.25) is 0 Å². The van der Waals surface area contributed by atoms with E-state index in [9.17, 15) is 10.1 Å². The fourth-order valence-corrected chi connectivity index (χ4v) is 2.05. The Morgan fingerprint density at radius 1 is 1.14 bits per heavy atom. The van der Waals surface area contributed by atoms with Crippen LogP contribution < -0.4 is 10.5 Å². The largest absolute Gasteiger partial charge is 0.455 e. The molecule has 1 heterocycles. The SMILES string of the molecule is Nc1cc(Oc2cccc3cccnc23)ccc1[N+](=O)[O-]. The van der Waals surface area contributed by atoms with Crippen LogP contribution in [0.3, 0.4) is 0 Å². The van der Waals surface area contributed by atoms with Gasteiger partial charge in [0.1, 0.15) is 17.0 Å². The van der Waals surface area contributed by atoms with E-state index in [1.165, 1.54) is 18.2 Å². The first kappa shape index (κ1) is 12.9. The van der Waals surface area contributed by atoms with Crippen LogP contribution >= 0.6 is 0 Å². The van der Waals surface area contributed by atoms with Gasteiger partial charge in [0.15, 0.2) is 5.75 Å². The molecule has 0 aliphatic carbocycles. The second-order valence-electron chi connectivity index (χ2n) is 4.41. The number of hydrogen-bond acceptors (Lipinski definition) is 5. The van der Waals surface area contributed by atoms with Crippen molar-refractivity contribution in [3.8, 4) is 11.5 Å². The number of hydrogen-bond donors (Lipinski definition) is 1. The number of nitrogen functional groups attached to an aromatic ring is 1. The highest BCUT2D eigenvalue weighted by Gasteiger charge is 2.12. The van der Waals surface area contributed by atoms with Gasteiger partial charge in [-0.1, -0.05) is 18.2 Å². The lowest BCUT2D eigenvalue weighted by atomic mass is 10.2. The molecule has 6 nitrogen and oxygen atoms in total. The molecule has 104 valence electrons. The number of benzene rings is 2. The van der Waals surface area contributed by atoms with Gasteiger partial charge >= 0.3 is 0 Å². The minimum absolute atomic E-state index is 0.0608. The first-order chi connectivity index (χ1) is 10.1. The summed E-state index contributed by atoms with van der Waals surface area (Å²) >= 11 is 0. The molecule has 0 aliphatic heterocycles. The Labute approximate surface area is 119 Å². The van der Waals surface area contributed by atoms with Gasteiger partial charge in [0, 0.05) is 23.7 Å². The number of nitrogens with two attached hydrogens (primary N) is 1. The zero-order chi connectivity index (χ0) is 14.8. The molecule has 21 heavy (non-hydrogen) atoms. The zero-order valence-corrected chi connectivity index (χ0v) is 10.9. The lowest BCUT2D eigenvalue weighted by Crippen LogP contribution is -1.96. The Morgan fingerprint density at radius 3 is 2.71 bits per heavy atom. The number of nitrogens with zero attached hydrogens (tertiary/aromatic N) is 2. The van der Waals surface area contributed by atoms with Crippen LogP contribution in [0.15, 0.2) is 54.7 Å². The van der Waals surface area contributed by atoms with Gasteiger partial charge in [-0.05, 0) is 18.2 Å². The highest BCUT2D eigenvalue weighted by atomic mass is 16.6. The van der Waals surface area contributed by atoms with Gasteiger partial charge in [-0.25, -0.2) is 0 Å². The van der Waals surface area contributed by atoms with Gasteiger partial charge < -0.3 is 10.5 Å². The van der Waals surface area contributed by atoms with Crippen molar-refractivity contribution in [1.82, 2.24) is 4.98 Å². The number of anilines is 1. The summed E-state index contributed by atoms with van der Waals surface area (Å²) in [6, 6.07) is 13.6. The number of aromatic nitrogens is 1. The number of fused-ring (bicyclic) bond motifs is 1. The molecule has 1 aromatic heterocycles. The summed E-state index contributed by atoms with van der Waals surface area (Å²) in [7, 11) is 0. The minimum Gasteiger partial charge on any atom is -0.455 e. The summed E-state index contributed by atoms with van der Waals surface area (Å²) in [5.41, 5.74) is 6.29. The second kappa shape index (κ2) is 5.09. The molecule has 0 unspecified atom stereocenters. The molecule has 0 amide bonds. The molecule has 0 saturated carbocycles. The molecule has 0 bridgehead atoms. The van der Waals surface area contributed by atoms with E-state index in [-0.39, 0.29) is 11.4 Å². The fraction of sp³-hybridized carbons (Fsp3) is 0.